The van der Waals surface area contributed by atoms with Crippen molar-refractivity contribution < 1.29 is 9.90 Å². The summed E-state index contributed by atoms with van der Waals surface area (Å²) in [5, 5.41) is 20.8. The number of aromatic nitrogens is 3. The molecule has 18 heavy (non-hydrogen) atoms. The maximum Gasteiger partial charge on any atom is 0.277 e. The van der Waals surface area contributed by atoms with Crippen molar-refractivity contribution in [3.05, 3.63) is 41.7 Å². The lowest BCUT2D eigenvalue weighted by Gasteiger charge is -2.02. The molecule has 0 fully saturated rings. The van der Waals surface area contributed by atoms with E-state index in [0.717, 1.165) is 5.56 Å². The quantitative estimate of drug-likeness (QED) is 0.665. The first kappa shape index (κ1) is 11.8. The number of nitrogens with zero attached hydrogens (tertiary/aromatic N) is 2. The fourth-order valence-electron chi connectivity index (χ4n) is 1.28. The van der Waals surface area contributed by atoms with Crippen molar-refractivity contribution in [2.45, 2.75) is 0 Å². The average Bonchev–Trinajstić information content (AvgIpc) is 2.92. The maximum atomic E-state index is 11.6. The molecule has 0 aliphatic rings. The summed E-state index contributed by atoms with van der Waals surface area (Å²) in [6, 6.07) is 6.95. The van der Waals surface area contributed by atoms with Gasteiger partial charge in [0, 0.05) is 11.3 Å². The van der Waals surface area contributed by atoms with E-state index < -0.39 is 0 Å². The Labute approximate surface area is 103 Å². The highest BCUT2D eigenvalue weighted by molar-refractivity contribution is 6.02. The van der Waals surface area contributed by atoms with E-state index in [1.54, 1.807) is 24.3 Å². The second-order valence-electron chi connectivity index (χ2n) is 3.35. The number of H-pyrrole nitrogens is 1. The van der Waals surface area contributed by atoms with Crippen LogP contribution in [0.2, 0.25) is 0 Å². The summed E-state index contributed by atoms with van der Waals surface area (Å²) in [6.07, 6.45) is 1.34. The first-order valence-electron chi connectivity index (χ1n) is 5.16. The fourth-order valence-corrected chi connectivity index (χ4v) is 1.28. The molecule has 1 aromatic heterocycles. The zero-order valence-corrected chi connectivity index (χ0v) is 9.34. The zero-order chi connectivity index (χ0) is 12.8. The SMILES string of the molecule is O=C(Nc1ccc(C#CCO)cc1)c1cn[nH]n1. The Morgan fingerprint density at radius 2 is 2.17 bits per heavy atom. The van der Waals surface area contributed by atoms with Crippen LogP contribution >= 0.6 is 0 Å². The summed E-state index contributed by atoms with van der Waals surface area (Å²) in [4.78, 5) is 11.6. The second kappa shape index (κ2) is 5.61. The van der Waals surface area contributed by atoms with E-state index in [9.17, 15) is 4.79 Å². The molecule has 0 saturated carbocycles. The second-order valence-corrected chi connectivity index (χ2v) is 3.35. The summed E-state index contributed by atoms with van der Waals surface area (Å²) in [5.41, 5.74) is 1.63. The molecule has 90 valence electrons. The van der Waals surface area contributed by atoms with Crippen LogP contribution < -0.4 is 5.32 Å². The molecule has 0 spiro atoms. The summed E-state index contributed by atoms with van der Waals surface area (Å²) < 4.78 is 0. The van der Waals surface area contributed by atoms with Crippen molar-refractivity contribution in [2.75, 3.05) is 11.9 Å². The van der Waals surface area contributed by atoms with E-state index in [0.29, 0.717) is 5.69 Å². The summed E-state index contributed by atoms with van der Waals surface area (Å²) >= 11 is 0. The van der Waals surface area contributed by atoms with Gasteiger partial charge in [0.1, 0.15) is 6.61 Å². The van der Waals surface area contributed by atoms with Gasteiger partial charge in [0.15, 0.2) is 5.69 Å². The monoisotopic (exact) mass is 242 g/mol. The van der Waals surface area contributed by atoms with Gasteiger partial charge in [-0.05, 0) is 24.3 Å². The van der Waals surface area contributed by atoms with Crippen LogP contribution in [0.15, 0.2) is 30.5 Å². The van der Waals surface area contributed by atoms with Crippen LogP contribution in [0.1, 0.15) is 16.1 Å². The van der Waals surface area contributed by atoms with E-state index in [-0.39, 0.29) is 18.2 Å². The maximum absolute atomic E-state index is 11.6. The number of aliphatic hydroxyl groups excluding tert-OH is 1. The van der Waals surface area contributed by atoms with Crippen molar-refractivity contribution in [1.82, 2.24) is 15.4 Å². The van der Waals surface area contributed by atoms with Crippen molar-refractivity contribution in [3.8, 4) is 11.8 Å². The molecule has 0 bridgehead atoms. The summed E-state index contributed by atoms with van der Waals surface area (Å²) in [6.45, 7) is -0.176. The number of benzene rings is 1. The molecule has 0 radical (unpaired) electrons. The number of amides is 1. The Morgan fingerprint density at radius 1 is 1.39 bits per heavy atom. The van der Waals surface area contributed by atoms with Gasteiger partial charge >= 0.3 is 0 Å². The Morgan fingerprint density at radius 3 is 2.78 bits per heavy atom. The van der Waals surface area contributed by atoms with Crippen LogP contribution in [0.25, 0.3) is 0 Å². The Balaban J connectivity index is 2.04. The average molecular weight is 242 g/mol. The topological polar surface area (TPSA) is 90.9 Å². The minimum Gasteiger partial charge on any atom is -0.384 e. The fraction of sp³-hybridized carbons (Fsp3) is 0.0833. The lowest BCUT2D eigenvalue weighted by Crippen LogP contribution is -2.12. The number of carbonyl (C=O) groups excluding carboxylic acids is 1. The van der Waals surface area contributed by atoms with Crippen molar-refractivity contribution in [2.24, 2.45) is 0 Å². The van der Waals surface area contributed by atoms with Gasteiger partial charge in [-0.3, -0.25) is 4.79 Å². The molecule has 1 amide bonds. The van der Waals surface area contributed by atoms with E-state index in [2.05, 4.69) is 32.6 Å². The number of nitrogens with one attached hydrogen (secondary N) is 2. The van der Waals surface area contributed by atoms with Crippen molar-refractivity contribution in [3.63, 3.8) is 0 Å². The van der Waals surface area contributed by atoms with Crippen LogP contribution in [0, 0.1) is 11.8 Å². The normalized spacial score (nSPS) is 9.39. The number of rotatable bonds is 2. The molecule has 0 saturated heterocycles. The first-order chi connectivity index (χ1) is 8.79. The molecule has 1 heterocycles. The molecule has 2 rings (SSSR count). The van der Waals surface area contributed by atoms with Crippen LogP contribution in [-0.2, 0) is 0 Å². The molecule has 0 unspecified atom stereocenters. The molecular weight excluding hydrogens is 232 g/mol. The van der Waals surface area contributed by atoms with Crippen molar-refractivity contribution in [1.29, 1.82) is 0 Å². The standard InChI is InChI=1S/C12H10N4O2/c17-7-1-2-9-3-5-10(6-4-9)14-12(18)11-8-13-16-15-11/h3-6,8,17H,7H2,(H,14,18)(H,13,15,16). The Hall–Kier alpha value is -2.65. The molecule has 3 N–H and O–H groups in total. The molecule has 0 aliphatic heterocycles. The summed E-state index contributed by atoms with van der Waals surface area (Å²) in [7, 11) is 0. The molecule has 6 nitrogen and oxygen atoms in total. The van der Waals surface area contributed by atoms with Crippen LogP contribution in [0.5, 0.6) is 0 Å². The largest absolute Gasteiger partial charge is 0.384 e. The van der Waals surface area contributed by atoms with Crippen LogP contribution in [-0.4, -0.2) is 33.0 Å². The van der Waals surface area contributed by atoms with E-state index in [1.165, 1.54) is 6.20 Å². The highest BCUT2D eigenvalue weighted by Gasteiger charge is 2.08. The number of anilines is 1. The van der Waals surface area contributed by atoms with E-state index >= 15 is 0 Å². The minimum absolute atomic E-state index is 0.176. The molecular formula is C12H10N4O2. The Kier molecular flexibility index (Phi) is 3.69. The van der Waals surface area contributed by atoms with Gasteiger partial charge in [0.2, 0.25) is 0 Å². The van der Waals surface area contributed by atoms with Gasteiger partial charge in [-0.15, -0.1) is 0 Å². The zero-order valence-electron chi connectivity index (χ0n) is 9.34. The molecule has 6 heteroatoms. The predicted octanol–water partition coefficient (Wildman–Crippen LogP) is 0.401. The number of carbonyl (C=O) groups is 1. The summed E-state index contributed by atoms with van der Waals surface area (Å²) in [5.74, 6) is 4.97. The number of hydrogen-bond acceptors (Lipinski definition) is 4. The minimum atomic E-state index is -0.335. The van der Waals surface area contributed by atoms with Crippen molar-refractivity contribution >= 4 is 11.6 Å². The van der Waals surface area contributed by atoms with E-state index in [1.807, 2.05) is 0 Å². The molecule has 2 aromatic rings. The highest BCUT2D eigenvalue weighted by Crippen LogP contribution is 2.09. The predicted molar refractivity (Wildman–Crippen MR) is 64.7 cm³/mol. The molecule has 0 atom stereocenters. The van der Waals surface area contributed by atoms with Gasteiger partial charge in [-0.1, -0.05) is 11.8 Å². The van der Waals surface area contributed by atoms with Gasteiger partial charge in [-0.2, -0.15) is 15.4 Å². The number of aliphatic hydroxyl groups is 1. The lowest BCUT2D eigenvalue weighted by atomic mass is 10.2. The van der Waals surface area contributed by atoms with Crippen LogP contribution in [0.4, 0.5) is 5.69 Å². The molecule has 0 aliphatic carbocycles. The van der Waals surface area contributed by atoms with Gasteiger partial charge < -0.3 is 10.4 Å². The van der Waals surface area contributed by atoms with E-state index in [4.69, 9.17) is 5.11 Å². The Bertz CT molecular complexity index is 579. The number of aromatic amines is 1. The smallest absolute Gasteiger partial charge is 0.277 e. The first-order valence-corrected chi connectivity index (χ1v) is 5.16. The lowest BCUT2D eigenvalue weighted by molar-refractivity contribution is 0.102. The highest BCUT2D eigenvalue weighted by atomic mass is 16.2. The van der Waals surface area contributed by atoms with Gasteiger partial charge in [-0.25, -0.2) is 0 Å². The third-order valence-corrected chi connectivity index (χ3v) is 2.10. The van der Waals surface area contributed by atoms with Gasteiger partial charge in [0.05, 0.1) is 6.20 Å². The molecule has 1 aromatic carbocycles. The third-order valence-electron chi connectivity index (χ3n) is 2.10. The van der Waals surface area contributed by atoms with Crippen LogP contribution in [0.3, 0.4) is 0 Å². The van der Waals surface area contributed by atoms with Gasteiger partial charge in [0.25, 0.3) is 5.91 Å². The number of hydrogen-bond donors (Lipinski definition) is 3. The third kappa shape index (κ3) is 2.93.